The quantitative estimate of drug-likeness (QED) is 0.769. The summed E-state index contributed by atoms with van der Waals surface area (Å²) in [6.07, 6.45) is 1.20. The van der Waals surface area contributed by atoms with Crippen LogP contribution in [0.2, 0.25) is 0 Å². The molecule has 2 N–H and O–H groups in total. The van der Waals surface area contributed by atoms with Crippen LogP contribution in [0.4, 0.5) is 4.39 Å². The van der Waals surface area contributed by atoms with Gasteiger partial charge in [-0.3, -0.25) is 4.98 Å². The Morgan fingerprint density at radius 1 is 1.00 bits per heavy atom. The van der Waals surface area contributed by atoms with Gasteiger partial charge < -0.3 is 5.73 Å². The zero-order valence-corrected chi connectivity index (χ0v) is 11.2. The largest absolute Gasteiger partial charge is 0.317 e. The zero-order chi connectivity index (χ0) is 14.2. The van der Waals surface area contributed by atoms with Crippen molar-refractivity contribution in [1.82, 2.24) is 4.98 Å². The highest BCUT2D eigenvalue weighted by Gasteiger charge is 2.25. The summed E-state index contributed by atoms with van der Waals surface area (Å²) in [7, 11) is 0. The third-order valence-electron chi connectivity index (χ3n) is 3.61. The Labute approximate surface area is 117 Å². The summed E-state index contributed by atoms with van der Waals surface area (Å²) < 4.78 is 13.0. The lowest BCUT2D eigenvalue weighted by molar-refractivity contribution is 0.568. The van der Waals surface area contributed by atoms with E-state index in [0.717, 1.165) is 10.9 Å². The molecule has 0 bridgehead atoms. The fourth-order valence-corrected chi connectivity index (χ4v) is 2.34. The van der Waals surface area contributed by atoms with Crippen LogP contribution in [-0.4, -0.2) is 4.98 Å². The van der Waals surface area contributed by atoms with E-state index in [9.17, 15) is 4.39 Å². The summed E-state index contributed by atoms with van der Waals surface area (Å²) in [5.74, 6) is -0.358. The Morgan fingerprint density at radius 2 is 1.75 bits per heavy atom. The van der Waals surface area contributed by atoms with Crippen molar-refractivity contribution in [2.45, 2.75) is 12.5 Å². The van der Waals surface area contributed by atoms with Gasteiger partial charge in [0.15, 0.2) is 0 Å². The van der Waals surface area contributed by atoms with Crippen molar-refractivity contribution in [2.75, 3.05) is 0 Å². The van der Waals surface area contributed by atoms with E-state index < -0.39 is 5.54 Å². The Hall–Kier alpha value is -2.26. The lowest BCUT2D eigenvalue weighted by Gasteiger charge is -2.25. The molecule has 20 heavy (non-hydrogen) atoms. The van der Waals surface area contributed by atoms with Gasteiger partial charge in [0.25, 0.3) is 0 Å². The van der Waals surface area contributed by atoms with Crippen LogP contribution >= 0.6 is 0 Å². The third-order valence-corrected chi connectivity index (χ3v) is 3.61. The topological polar surface area (TPSA) is 38.9 Å². The van der Waals surface area contributed by atoms with Crippen LogP contribution < -0.4 is 5.73 Å². The maximum absolute atomic E-state index is 13.0. The molecule has 2 aromatic carbocycles. The smallest absolute Gasteiger partial charge is 0.141 e. The molecule has 0 amide bonds. The van der Waals surface area contributed by atoms with Crippen LogP contribution in [0.25, 0.3) is 10.8 Å². The molecule has 1 atom stereocenters. The molecule has 100 valence electrons. The highest BCUT2D eigenvalue weighted by atomic mass is 19.1. The number of nitrogens with zero attached hydrogens (tertiary/aromatic N) is 1. The SMILES string of the molecule is CC(N)(c1ccc2ccccc2c1)c1ccc(F)cn1. The van der Waals surface area contributed by atoms with E-state index in [1.807, 2.05) is 37.3 Å². The molecule has 1 unspecified atom stereocenters. The Morgan fingerprint density at radius 3 is 2.45 bits per heavy atom. The Kier molecular flexibility index (Phi) is 2.99. The number of pyridine rings is 1. The number of hydrogen-bond acceptors (Lipinski definition) is 2. The van der Waals surface area contributed by atoms with Gasteiger partial charge in [-0.05, 0) is 41.5 Å². The molecule has 0 aliphatic carbocycles. The number of rotatable bonds is 2. The number of aromatic nitrogens is 1. The molecular weight excluding hydrogens is 251 g/mol. The summed E-state index contributed by atoms with van der Waals surface area (Å²) in [5, 5.41) is 2.29. The monoisotopic (exact) mass is 266 g/mol. The fourth-order valence-electron chi connectivity index (χ4n) is 2.34. The van der Waals surface area contributed by atoms with Crippen molar-refractivity contribution in [3.05, 3.63) is 77.9 Å². The molecule has 0 saturated carbocycles. The number of benzene rings is 2. The number of hydrogen-bond donors (Lipinski definition) is 1. The molecule has 3 aromatic rings. The minimum atomic E-state index is -0.752. The second-order valence-electron chi connectivity index (χ2n) is 5.13. The van der Waals surface area contributed by atoms with Gasteiger partial charge in [-0.15, -0.1) is 0 Å². The minimum absolute atomic E-state index is 0.358. The summed E-state index contributed by atoms with van der Waals surface area (Å²) in [6.45, 7) is 1.89. The second-order valence-corrected chi connectivity index (χ2v) is 5.13. The average Bonchev–Trinajstić information content (AvgIpc) is 2.47. The van der Waals surface area contributed by atoms with Crippen molar-refractivity contribution in [1.29, 1.82) is 0 Å². The molecule has 0 saturated heterocycles. The number of fused-ring (bicyclic) bond motifs is 1. The Bertz CT molecular complexity index is 748. The normalized spacial score (nSPS) is 14.2. The fraction of sp³-hybridized carbons (Fsp3) is 0.118. The number of halogens is 1. The lowest BCUT2D eigenvalue weighted by Crippen LogP contribution is -2.35. The molecule has 2 nitrogen and oxygen atoms in total. The van der Waals surface area contributed by atoms with Crippen LogP contribution in [0.5, 0.6) is 0 Å². The first kappa shape index (κ1) is 12.8. The Balaban J connectivity index is 2.10. The minimum Gasteiger partial charge on any atom is -0.317 e. The van der Waals surface area contributed by atoms with Gasteiger partial charge in [-0.1, -0.05) is 36.4 Å². The first-order valence-corrected chi connectivity index (χ1v) is 6.47. The van der Waals surface area contributed by atoms with Crippen LogP contribution in [0.1, 0.15) is 18.2 Å². The summed E-state index contributed by atoms with van der Waals surface area (Å²) >= 11 is 0. The first-order valence-electron chi connectivity index (χ1n) is 6.47. The summed E-state index contributed by atoms with van der Waals surface area (Å²) in [5.41, 5.74) is 7.26. The van der Waals surface area contributed by atoms with E-state index in [1.165, 1.54) is 17.6 Å². The molecule has 1 aromatic heterocycles. The van der Waals surface area contributed by atoms with Gasteiger partial charge in [-0.2, -0.15) is 0 Å². The van der Waals surface area contributed by atoms with E-state index in [1.54, 1.807) is 6.07 Å². The maximum atomic E-state index is 13.0. The van der Waals surface area contributed by atoms with E-state index in [4.69, 9.17) is 5.73 Å². The maximum Gasteiger partial charge on any atom is 0.141 e. The molecule has 0 fully saturated rings. The van der Waals surface area contributed by atoms with Gasteiger partial charge in [0.2, 0.25) is 0 Å². The van der Waals surface area contributed by atoms with Crippen LogP contribution in [0.3, 0.4) is 0 Å². The average molecular weight is 266 g/mol. The standard InChI is InChI=1S/C17H15FN2/c1-17(19,16-9-8-15(18)11-20-16)14-7-6-12-4-2-3-5-13(12)10-14/h2-11H,19H2,1H3. The van der Waals surface area contributed by atoms with E-state index in [2.05, 4.69) is 17.1 Å². The summed E-state index contributed by atoms with van der Waals surface area (Å²) in [6, 6.07) is 17.2. The lowest BCUT2D eigenvalue weighted by atomic mass is 9.88. The second kappa shape index (κ2) is 4.69. The highest BCUT2D eigenvalue weighted by Crippen LogP contribution is 2.27. The van der Waals surface area contributed by atoms with Crippen molar-refractivity contribution in [3.8, 4) is 0 Å². The van der Waals surface area contributed by atoms with Crippen molar-refractivity contribution in [2.24, 2.45) is 5.73 Å². The zero-order valence-electron chi connectivity index (χ0n) is 11.2. The molecular formula is C17H15FN2. The van der Waals surface area contributed by atoms with Gasteiger partial charge in [0.1, 0.15) is 5.82 Å². The molecule has 3 heteroatoms. The van der Waals surface area contributed by atoms with E-state index in [0.29, 0.717) is 5.69 Å². The van der Waals surface area contributed by atoms with Crippen LogP contribution in [0.15, 0.2) is 60.8 Å². The predicted octanol–water partition coefficient (Wildman–Crippen LogP) is 3.60. The molecule has 0 spiro atoms. The molecule has 0 radical (unpaired) electrons. The van der Waals surface area contributed by atoms with Gasteiger partial charge in [-0.25, -0.2) is 4.39 Å². The molecule has 1 heterocycles. The van der Waals surface area contributed by atoms with Crippen LogP contribution in [-0.2, 0) is 5.54 Å². The first-order chi connectivity index (χ1) is 9.57. The van der Waals surface area contributed by atoms with Gasteiger partial charge >= 0.3 is 0 Å². The van der Waals surface area contributed by atoms with Crippen molar-refractivity contribution in [3.63, 3.8) is 0 Å². The molecule has 0 aliphatic heterocycles. The van der Waals surface area contributed by atoms with Crippen molar-refractivity contribution < 1.29 is 4.39 Å². The van der Waals surface area contributed by atoms with Gasteiger partial charge in [0.05, 0.1) is 17.4 Å². The number of nitrogens with two attached hydrogens (primary N) is 1. The molecule has 0 aliphatic rings. The van der Waals surface area contributed by atoms with Crippen LogP contribution in [0, 0.1) is 5.82 Å². The van der Waals surface area contributed by atoms with Gasteiger partial charge in [0, 0.05) is 0 Å². The van der Waals surface area contributed by atoms with Crippen molar-refractivity contribution >= 4 is 10.8 Å². The van der Waals surface area contributed by atoms with E-state index in [-0.39, 0.29) is 5.82 Å². The molecule has 3 rings (SSSR count). The summed E-state index contributed by atoms with van der Waals surface area (Å²) in [4.78, 5) is 4.11. The predicted molar refractivity (Wildman–Crippen MR) is 78.8 cm³/mol. The third kappa shape index (κ3) is 2.17. The highest BCUT2D eigenvalue weighted by molar-refractivity contribution is 5.83. The van der Waals surface area contributed by atoms with E-state index >= 15 is 0 Å².